The highest BCUT2D eigenvalue weighted by Gasteiger charge is 2.47. The Morgan fingerprint density at radius 1 is 1.07 bits per heavy atom. The molecule has 0 spiro atoms. The molecule has 5 N–H and O–H groups in total. The summed E-state index contributed by atoms with van der Waals surface area (Å²) < 4.78 is 25.4. The maximum absolute atomic E-state index is 13.3. The van der Waals surface area contributed by atoms with Crippen molar-refractivity contribution in [3.63, 3.8) is 0 Å². The van der Waals surface area contributed by atoms with Crippen LogP contribution >= 0.6 is 0 Å². The van der Waals surface area contributed by atoms with Gasteiger partial charge in [-0.2, -0.15) is 0 Å². The number of cyclic esters (lactones) is 1. The van der Waals surface area contributed by atoms with Crippen LogP contribution in [0.3, 0.4) is 0 Å². The third kappa shape index (κ3) is 9.15. The van der Waals surface area contributed by atoms with Crippen LogP contribution in [0.5, 0.6) is 5.75 Å². The first-order valence-corrected chi connectivity index (χ1v) is 16.4. The summed E-state index contributed by atoms with van der Waals surface area (Å²) in [4.78, 5) is 13.3. The number of likely N-dealkylation sites (N-methyl/N-ethyl adjacent to an activating group) is 1. The molecule has 13 atom stereocenters. The average molecular weight is 623 g/mol. The fraction of sp³-hybridized carbons (Fsp3) is 0.794. The van der Waals surface area contributed by atoms with Gasteiger partial charge in [-0.1, -0.05) is 45.9 Å². The molecule has 0 amide bonds. The summed E-state index contributed by atoms with van der Waals surface area (Å²) in [5, 5.41) is 41.2. The maximum Gasteiger partial charge on any atom is 0.309 e. The van der Waals surface area contributed by atoms with Crippen LogP contribution in [0.1, 0.15) is 81.1 Å². The first kappa shape index (κ1) is 36.7. The molecule has 0 aromatic heterocycles. The first-order valence-electron chi connectivity index (χ1n) is 16.4. The smallest absolute Gasteiger partial charge is 0.309 e. The van der Waals surface area contributed by atoms with Crippen LogP contribution in [0.15, 0.2) is 30.3 Å². The molecule has 252 valence electrons. The number of hydrogen-bond donors (Lipinski definition) is 5. The van der Waals surface area contributed by atoms with Gasteiger partial charge in [-0.15, -0.1) is 0 Å². The number of benzene rings is 1. The molecule has 0 bridgehead atoms. The van der Waals surface area contributed by atoms with E-state index in [1.54, 1.807) is 20.8 Å². The third-order valence-electron chi connectivity index (χ3n) is 9.44. The molecule has 3 rings (SSSR count). The Morgan fingerprint density at radius 3 is 2.34 bits per heavy atom. The highest BCUT2D eigenvalue weighted by atomic mass is 16.7. The monoisotopic (exact) mass is 622 g/mol. The minimum Gasteiger partial charge on any atom is -0.483 e. The second kappa shape index (κ2) is 15.7. The molecular weight excluding hydrogens is 564 g/mol. The number of para-hydroxylation sites is 1. The van der Waals surface area contributed by atoms with Crippen molar-refractivity contribution in [2.45, 2.75) is 141 Å². The van der Waals surface area contributed by atoms with Gasteiger partial charge in [-0.25, -0.2) is 0 Å². The van der Waals surface area contributed by atoms with Crippen LogP contribution in [0.2, 0.25) is 0 Å². The van der Waals surface area contributed by atoms with Gasteiger partial charge in [-0.3, -0.25) is 4.79 Å². The molecule has 0 aliphatic carbocycles. The minimum atomic E-state index is -1.66. The summed E-state index contributed by atoms with van der Waals surface area (Å²) in [7, 11) is 1.89. The van der Waals surface area contributed by atoms with Crippen molar-refractivity contribution in [2.24, 2.45) is 17.8 Å². The van der Waals surface area contributed by atoms with Gasteiger partial charge in [0.25, 0.3) is 0 Å². The molecular formula is C34H58N2O8. The number of carbonyl (C=O) groups is 1. The van der Waals surface area contributed by atoms with Crippen LogP contribution < -0.4 is 15.4 Å². The molecule has 44 heavy (non-hydrogen) atoms. The zero-order valence-electron chi connectivity index (χ0n) is 28.2. The predicted octanol–water partition coefficient (Wildman–Crippen LogP) is 3.41. The largest absolute Gasteiger partial charge is 0.483 e. The van der Waals surface area contributed by atoms with Crippen molar-refractivity contribution in [1.82, 2.24) is 10.6 Å². The standard InChI is InChI=1S/C34H58N2O8/c1-10-27-34(8,40)29(37)24(6)36-19-20(2)18-33(7,39)30(21(3)16-22(4)31(38)43-27)44-32-28(26(35-9)17-23(5)41-32)42-25-14-12-11-13-15-25/h11-15,20-24,26-30,32,35-37,39-40H,10,16-19H2,1-9H3/t20?,21?,22?,23-,24?,26+,27?,28-,29?,30?,32+,33?,34?/m1/s1. The summed E-state index contributed by atoms with van der Waals surface area (Å²) in [6, 6.07) is 8.99. The Bertz CT molecular complexity index is 1020. The summed E-state index contributed by atoms with van der Waals surface area (Å²) in [5.74, 6) is -0.631. The van der Waals surface area contributed by atoms with E-state index in [4.69, 9.17) is 18.9 Å². The lowest BCUT2D eigenvalue weighted by atomic mass is 9.79. The fourth-order valence-electron chi connectivity index (χ4n) is 7.01. The van der Waals surface area contributed by atoms with E-state index in [9.17, 15) is 20.1 Å². The quantitative estimate of drug-likeness (QED) is 0.300. The van der Waals surface area contributed by atoms with Crippen molar-refractivity contribution in [1.29, 1.82) is 0 Å². The van der Waals surface area contributed by atoms with E-state index in [0.717, 1.165) is 6.42 Å². The molecule has 9 unspecified atom stereocenters. The van der Waals surface area contributed by atoms with Crippen molar-refractivity contribution in [3.05, 3.63) is 30.3 Å². The second-order valence-electron chi connectivity index (χ2n) is 13.9. The van der Waals surface area contributed by atoms with E-state index in [2.05, 4.69) is 10.6 Å². The van der Waals surface area contributed by atoms with Crippen molar-refractivity contribution < 1.29 is 39.1 Å². The molecule has 0 radical (unpaired) electrons. The van der Waals surface area contributed by atoms with Crippen LogP contribution in [0.25, 0.3) is 0 Å². The molecule has 2 fully saturated rings. The summed E-state index contributed by atoms with van der Waals surface area (Å²) in [6.45, 7) is 15.2. The SMILES string of the molecule is CCC1OC(=O)C(C)CC(C)C(O[C@@H]2O[C@H](C)C[C@H](NC)[C@H]2Oc2ccccc2)C(C)(O)CC(C)CNC(C)C(O)C1(C)O. The third-order valence-corrected chi connectivity index (χ3v) is 9.44. The predicted molar refractivity (Wildman–Crippen MR) is 169 cm³/mol. The minimum absolute atomic E-state index is 0.0158. The van der Waals surface area contributed by atoms with Gasteiger partial charge < -0.3 is 44.9 Å². The fourth-order valence-corrected chi connectivity index (χ4v) is 7.01. The van der Waals surface area contributed by atoms with E-state index in [1.807, 2.05) is 65.1 Å². The molecule has 2 saturated heterocycles. The van der Waals surface area contributed by atoms with Gasteiger partial charge in [0.2, 0.25) is 0 Å². The number of carbonyl (C=O) groups excluding carboxylic acids is 1. The molecule has 2 aliphatic rings. The number of rotatable bonds is 6. The van der Waals surface area contributed by atoms with Crippen LogP contribution in [-0.2, 0) is 19.0 Å². The highest BCUT2D eigenvalue weighted by Crippen LogP contribution is 2.36. The van der Waals surface area contributed by atoms with E-state index in [0.29, 0.717) is 31.6 Å². The Kier molecular flexibility index (Phi) is 13.1. The van der Waals surface area contributed by atoms with Crippen molar-refractivity contribution in [2.75, 3.05) is 13.6 Å². The highest BCUT2D eigenvalue weighted by molar-refractivity contribution is 5.72. The van der Waals surface area contributed by atoms with E-state index >= 15 is 0 Å². The number of aliphatic hydroxyl groups is 3. The molecule has 10 nitrogen and oxygen atoms in total. The first-order chi connectivity index (χ1) is 20.6. The molecule has 2 aliphatic heterocycles. The zero-order chi connectivity index (χ0) is 32.8. The van der Waals surface area contributed by atoms with Crippen molar-refractivity contribution >= 4 is 5.97 Å². The average Bonchev–Trinajstić information content (AvgIpc) is 2.97. The molecule has 0 saturated carbocycles. The van der Waals surface area contributed by atoms with E-state index in [1.165, 1.54) is 6.92 Å². The van der Waals surface area contributed by atoms with Gasteiger partial charge in [-0.05, 0) is 90.9 Å². The van der Waals surface area contributed by atoms with Gasteiger partial charge in [0.1, 0.15) is 23.6 Å². The molecule has 1 aromatic rings. The van der Waals surface area contributed by atoms with Gasteiger partial charge in [0, 0.05) is 6.04 Å². The maximum atomic E-state index is 13.3. The second-order valence-corrected chi connectivity index (χ2v) is 13.9. The van der Waals surface area contributed by atoms with Crippen molar-refractivity contribution in [3.8, 4) is 5.75 Å². The molecule has 1 aromatic carbocycles. The summed E-state index contributed by atoms with van der Waals surface area (Å²) in [6.07, 6.45) is -2.37. The van der Waals surface area contributed by atoms with Crippen LogP contribution in [0, 0.1) is 17.8 Å². The molecule has 10 heteroatoms. The van der Waals surface area contributed by atoms with E-state index < -0.39 is 59.8 Å². The summed E-state index contributed by atoms with van der Waals surface area (Å²) in [5.41, 5.74) is -2.96. The Balaban J connectivity index is 1.95. The van der Waals surface area contributed by atoms with E-state index in [-0.39, 0.29) is 24.0 Å². The summed E-state index contributed by atoms with van der Waals surface area (Å²) >= 11 is 0. The topological polar surface area (TPSA) is 139 Å². The number of hydrogen-bond acceptors (Lipinski definition) is 10. The number of aliphatic hydroxyl groups excluding tert-OH is 1. The van der Waals surface area contributed by atoms with Gasteiger partial charge in [0.15, 0.2) is 12.4 Å². The molecule has 2 heterocycles. The Morgan fingerprint density at radius 2 is 1.73 bits per heavy atom. The lowest BCUT2D eigenvalue weighted by Gasteiger charge is -2.46. The Labute approximate surface area is 264 Å². The van der Waals surface area contributed by atoms with Gasteiger partial charge in [0.05, 0.1) is 29.8 Å². The lowest BCUT2D eigenvalue weighted by molar-refractivity contribution is -0.285. The van der Waals surface area contributed by atoms with Crippen LogP contribution in [0.4, 0.5) is 0 Å². The normalized spacial score (nSPS) is 43.4. The lowest BCUT2D eigenvalue weighted by Crippen LogP contribution is -2.59. The Hall–Kier alpha value is -1.79. The van der Waals surface area contributed by atoms with Gasteiger partial charge >= 0.3 is 5.97 Å². The number of nitrogens with one attached hydrogen (secondary N) is 2. The van der Waals surface area contributed by atoms with Crippen LogP contribution in [-0.4, -0.2) is 95.0 Å². The number of ether oxygens (including phenoxy) is 4. The number of esters is 1. The zero-order valence-corrected chi connectivity index (χ0v) is 28.2.